The smallest absolute Gasteiger partial charge is 0.241 e. The van der Waals surface area contributed by atoms with Gasteiger partial charge in [0, 0.05) is 43.4 Å². The molecule has 34 heavy (non-hydrogen) atoms. The Morgan fingerprint density at radius 2 is 1.94 bits per heavy atom. The number of hydrogen-bond acceptors (Lipinski definition) is 6. The molecule has 0 saturated carbocycles. The third-order valence-electron chi connectivity index (χ3n) is 6.92. The minimum Gasteiger partial charge on any atom is -0.333 e. The van der Waals surface area contributed by atoms with E-state index in [9.17, 15) is 14.4 Å². The zero-order valence-electron chi connectivity index (χ0n) is 19.0. The first-order chi connectivity index (χ1) is 16.5. The third kappa shape index (κ3) is 3.92. The molecule has 2 aromatic heterocycles. The Labute approximate surface area is 202 Å². The number of nitrogens with zero attached hydrogens (tertiary/aromatic N) is 4. The number of carbonyl (C=O) groups excluding carboxylic acids is 3. The third-order valence-corrected chi connectivity index (χ3v) is 7.80. The van der Waals surface area contributed by atoms with E-state index in [0.717, 1.165) is 34.5 Å². The molecule has 3 aromatic rings. The second-order valence-corrected chi connectivity index (χ2v) is 9.93. The van der Waals surface area contributed by atoms with Crippen LogP contribution in [0.5, 0.6) is 0 Å². The number of pyridine rings is 1. The predicted molar refractivity (Wildman–Crippen MR) is 128 cm³/mol. The van der Waals surface area contributed by atoms with Crippen molar-refractivity contribution in [3.8, 4) is 0 Å². The second-order valence-electron chi connectivity index (χ2n) is 9.01. The van der Waals surface area contributed by atoms with Gasteiger partial charge in [-0.1, -0.05) is 24.3 Å². The van der Waals surface area contributed by atoms with E-state index < -0.39 is 5.41 Å². The lowest BCUT2D eigenvalue weighted by atomic mass is 9.74. The summed E-state index contributed by atoms with van der Waals surface area (Å²) in [6.45, 7) is 2.74. The largest absolute Gasteiger partial charge is 0.333 e. The molecular weight excluding hydrogens is 448 g/mol. The van der Waals surface area contributed by atoms with Gasteiger partial charge in [0.25, 0.3) is 0 Å². The summed E-state index contributed by atoms with van der Waals surface area (Å²) in [5.74, 6) is -0.661. The van der Waals surface area contributed by atoms with E-state index >= 15 is 0 Å². The molecule has 0 spiro atoms. The summed E-state index contributed by atoms with van der Waals surface area (Å²) in [6.07, 6.45) is 6.76. The van der Waals surface area contributed by atoms with E-state index in [1.165, 1.54) is 4.90 Å². The van der Waals surface area contributed by atoms with Crippen molar-refractivity contribution in [2.24, 2.45) is 0 Å². The Balaban J connectivity index is 1.49. The summed E-state index contributed by atoms with van der Waals surface area (Å²) >= 11 is 1.55. The molecule has 5 rings (SSSR count). The summed E-state index contributed by atoms with van der Waals surface area (Å²) in [5, 5.41) is 2.84. The standard InChI is InChI=1S/C26H26N4O3S/c1-18-5-2-3-6-20(18)26(15-22(31)29-13-4-7-21(29)24-28-12-14-34-24)16-23(32)30(25(26)33)17-19-8-10-27-11-9-19/h2-3,5-6,8-12,14,21H,4,7,13,15-17H2,1H3/t21-,26-/m1/s1. The molecule has 4 heterocycles. The molecule has 0 aliphatic carbocycles. The van der Waals surface area contributed by atoms with Crippen molar-refractivity contribution in [2.75, 3.05) is 6.54 Å². The molecule has 1 aromatic carbocycles. The fourth-order valence-corrected chi connectivity index (χ4v) is 6.05. The highest BCUT2D eigenvalue weighted by molar-refractivity contribution is 7.09. The molecular formula is C26H26N4O3S. The highest BCUT2D eigenvalue weighted by Crippen LogP contribution is 2.43. The van der Waals surface area contributed by atoms with E-state index in [1.54, 1.807) is 42.1 Å². The number of thiazole rings is 1. The number of benzene rings is 1. The van der Waals surface area contributed by atoms with Gasteiger partial charge in [0.15, 0.2) is 0 Å². The Morgan fingerprint density at radius 1 is 1.15 bits per heavy atom. The fraction of sp³-hybridized carbons (Fsp3) is 0.346. The molecule has 8 heteroatoms. The minimum absolute atomic E-state index is 0.0106. The SMILES string of the molecule is Cc1ccccc1[C@@]1(CC(=O)N2CCC[C@@H]2c2nccs2)CC(=O)N(Cc2ccncc2)C1=O. The van der Waals surface area contributed by atoms with E-state index in [0.29, 0.717) is 6.54 Å². The zero-order chi connectivity index (χ0) is 23.7. The maximum Gasteiger partial charge on any atom is 0.241 e. The van der Waals surface area contributed by atoms with Gasteiger partial charge in [-0.2, -0.15) is 0 Å². The van der Waals surface area contributed by atoms with Gasteiger partial charge in [0.2, 0.25) is 17.7 Å². The average Bonchev–Trinajstić information content (AvgIpc) is 3.58. The molecule has 3 amide bonds. The van der Waals surface area contributed by atoms with Crippen LogP contribution >= 0.6 is 11.3 Å². The van der Waals surface area contributed by atoms with Crippen LogP contribution in [-0.4, -0.2) is 44.0 Å². The second kappa shape index (κ2) is 9.10. The van der Waals surface area contributed by atoms with Crippen LogP contribution in [0.15, 0.2) is 60.4 Å². The number of rotatable bonds is 6. The molecule has 2 aliphatic rings. The van der Waals surface area contributed by atoms with Gasteiger partial charge in [-0.15, -0.1) is 11.3 Å². The fourth-order valence-electron chi connectivity index (χ4n) is 5.27. The monoisotopic (exact) mass is 474 g/mol. The highest BCUT2D eigenvalue weighted by Gasteiger charge is 2.55. The lowest BCUT2D eigenvalue weighted by Crippen LogP contribution is -2.43. The number of aryl methyl sites for hydroxylation is 1. The van der Waals surface area contributed by atoms with E-state index in [1.807, 2.05) is 41.5 Å². The molecule has 2 fully saturated rings. The van der Waals surface area contributed by atoms with Crippen molar-refractivity contribution in [3.63, 3.8) is 0 Å². The molecule has 2 atom stereocenters. The van der Waals surface area contributed by atoms with Gasteiger partial charge >= 0.3 is 0 Å². The van der Waals surface area contributed by atoms with Crippen LogP contribution < -0.4 is 0 Å². The lowest BCUT2D eigenvalue weighted by Gasteiger charge is -2.32. The normalized spacial score (nSPS) is 22.6. The average molecular weight is 475 g/mol. The van der Waals surface area contributed by atoms with Crippen LogP contribution in [-0.2, 0) is 26.3 Å². The van der Waals surface area contributed by atoms with Gasteiger partial charge in [-0.3, -0.25) is 24.3 Å². The maximum atomic E-state index is 14.0. The topological polar surface area (TPSA) is 83.5 Å². The first-order valence-electron chi connectivity index (χ1n) is 11.5. The number of carbonyl (C=O) groups is 3. The number of imide groups is 1. The molecule has 174 valence electrons. The van der Waals surface area contributed by atoms with Crippen molar-refractivity contribution in [1.82, 2.24) is 19.8 Å². The first kappa shape index (κ1) is 22.4. The Kier molecular flexibility index (Phi) is 6.00. The van der Waals surface area contributed by atoms with Crippen LogP contribution in [0.2, 0.25) is 0 Å². The van der Waals surface area contributed by atoms with Crippen LogP contribution in [0, 0.1) is 6.92 Å². The number of likely N-dealkylation sites (tertiary alicyclic amines) is 2. The number of amides is 3. The molecule has 0 radical (unpaired) electrons. The van der Waals surface area contributed by atoms with Crippen molar-refractivity contribution in [2.45, 2.75) is 50.6 Å². The quantitative estimate of drug-likeness (QED) is 0.508. The van der Waals surface area contributed by atoms with E-state index in [4.69, 9.17) is 0 Å². The summed E-state index contributed by atoms with van der Waals surface area (Å²) in [5.41, 5.74) is 1.28. The van der Waals surface area contributed by atoms with Crippen LogP contribution in [0.1, 0.15) is 53.4 Å². The number of aromatic nitrogens is 2. The van der Waals surface area contributed by atoms with Crippen molar-refractivity contribution < 1.29 is 14.4 Å². The Hall–Kier alpha value is -3.39. The molecule has 2 saturated heterocycles. The van der Waals surface area contributed by atoms with Crippen molar-refractivity contribution in [1.29, 1.82) is 0 Å². The lowest BCUT2D eigenvalue weighted by molar-refractivity contribution is -0.143. The van der Waals surface area contributed by atoms with Crippen LogP contribution in [0.4, 0.5) is 0 Å². The number of hydrogen-bond donors (Lipinski definition) is 0. The Morgan fingerprint density at radius 3 is 2.68 bits per heavy atom. The van der Waals surface area contributed by atoms with Crippen LogP contribution in [0.3, 0.4) is 0 Å². The molecule has 7 nitrogen and oxygen atoms in total. The molecule has 0 unspecified atom stereocenters. The van der Waals surface area contributed by atoms with E-state index in [-0.39, 0.29) is 43.1 Å². The minimum atomic E-state index is -1.21. The highest BCUT2D eigenvalue weighted by atomic mass is 32.1. The molecule has 0 bridgehead atoms. The van der Waals surface area contributed by atoms with Crippen molar-refractivity contribution in [3.05, 3.63) is 82.1 Å². The van der Waals surface area contributed by atoms with Crippen LogP contribution in [0.25, 0.3) is 0 Å². The summed E-state index contributed by atoms with van der Waals surface area (Å²) in [6, 6.07) is 11.1. The summed E-state index contributed by atoms with van der Waals surface area (Å²) in [7, 11) is 0. The molecule has 0 N–H and O–H groups in total. The van der Waals surface area contributed by atoms with Gasteiger partial charge < -0.3 is 4.90 Å². The molecule has 2 aliphatic heterocycles. The summed E-state index contributed by atoms with van der Waals surface area (Å²) < 4.78 is 0. The predicted octanol–water partition coefficient (Wildman–Crippen LogP) is 3.80. The summed E-state index contributed by atoms with van der Waals surface area (Å²) in [4.78, 5) is 52.5. The van der Waals surface area contributed by atoms with Gasteiger partial charge in [-0.05, 0) is 48.6 Å². The van der Waals surface area contributed by atoms with Crippen molar-refractivity contribution >= 4 is 29.1 Å². The van der Waals surface area contributed by atoms with Gasteiger partial charge in [0.05, 0.1) is 18.0 Å². The maximum absolute atomic E-state index is 14.0. The zero-order valence-corrected chi connectivity index (χ0v) is 19.8. The van der Waals surface area contributed by atoms with E-state index in [2.05, 4.69) is 9.97 Å². The van der Waals surface area contributed by atoms with Gasteiger partial charge in [0.1, 0.15) is 5.01 Å². The first-order valence-corrected chi connectivity index (χ1v) is 12.4. The van der Waals surface area contributed by atoms with Gasteiger partial charge in [-0.25, -0.2) is 4.98 Å². The Bertz CT molecular complexity index is 1210.